The summed E-state index contributed by atoms with van der Waals surface area (Å²) in [6.07, 6.45) is 1.64. The Kier molecular flexibility index (Phi) is 2.68. The highest BCUT2D eigenvalue weighted by Gasteiger charge is 2.18. The van der Waals surface area contributed by atoms with Gasteiger partial charge in [-0.1, -0.05) is 17.3 Å². The zero-order valence-corrected chi connectivity index (χ0v) is 10.3. The van der Waals surface area contributed by atoms with Crippen LogP contribution in [0.15, 0.2) is 41.1 Å². The third kappa shape index (κ3) is 1.93. The van der Waals surface area contributed by atoms with Crippen LogP contribution in [-0.4, -0.2) is 22.5 Å². The van der Waals surface area contributed by atoms with Crippen molar-refractivity contribution in [1.29, 1.82) is 0 Å². The van der Waals surface area contributed by atoms with Gasteiger partial charge in [-0.2, -0.15) is 5.10 Å². The Hall–Kier alpha value is -2.76. The van der Waals surface area contributed by atoms with Gasteiger partial charge in [-0.05, 0) is 23.8 Å². The number of nitrogens with zero attached hydrogens (tertiary/aromatic N) is 2. The molecule has 0 saturated heterocycles. The summed E-state index contributed by atoms with van der Waals surface area (Å²) in [5.41, 5.74) is 8.26. The van der Waals surface area contributed by atoms with Crippen LogP contribution in [0.5, 0.6) is 5.75 Å². The van der Waals surface area contributed by atoms with Crippen LogP contribution < -0.4 is 10.5 Å². The number of nitrogens with two attached hydrogens (primary N) is 1. The maximum Gasteiger partial charge on any atom is 0.194 e. The highest BCUT2D eigenvalue weighted by Crippen LogP contribution is 2.36. The summed E-state index contributed by atoms with van der Waals surface area (Å²) < 4.78 is 10.4. The fourth-order valence-electron chi connectivity index (χ4n) is 1.91. The lowest BCUT2D eigenvalue weighted by Crippen LogP contribution is -1.89. The van der Waals surface area contributed by atoms with Gasteiger partial charge in [0.15, 0.2) is 11.6 Å². The molecule has 3 rings (SSSR count). The SMILES string of the molecule is COc1ccc(-c2c(N)noc2-c2ccn[nH]2)cc1. The van der Waals surface area contributed by atoms with Gasteiger partial charge in [0, 0.05) is 6.20 Å². The van der Waals surface area contributed by atoms with E-state index < -0.39 is 0 Å². The molecule has 0 aliphatic carbocycles. The first-order chi connectivity index (χ1) is 9.29. The minimum absolute atomic E-state index is 0.342. The Morgan fingerprint density at radius 3 is 2.63 bits per heavy atom. The lowest BCUT2D eigenvalue weighted by molar-refractivity contribution is 0.415. The summed E-state index contributed by atoms with van der Waals surface area (Å²) in [4.78, 5) is 0. The average Bonchev–Trinajstić information content (AvgIpc) is 3.08. The van der Waals surface area contributed by atoms with Crippen molar-refractivity contribution in [2.24, 2.45) is 0 Å². The first-order valence-corrected chi connectivity index (χ1v) is 5.69. The summed E-state index contributed by atoms with van der Waals surface area (Å²) >= 11 is 0. The molecule has 0 atom stereocenters. The molecule has 0 spiro atoms. The zero-order valence-electron chi connectivity index (χ0n) is 10.3. The van der Waals surface area contributed by atoms with Crippen LogP contribution in [0.1, 0.15) is 0 Å². The number of ether oxygens (including phenoxy) is 1. The molecule has 0 amide bonds. The molecule has 3 aromatic rings. The monoisotopic (exact) mass is 256 g/mol. The molecule has 0 fully saturated rings. The van der Waals surface area contributed by atoms with Crippen LogP contribution in [0.2, 0.25) is 0 Å². The maximum absolute atomic E-state index is 5.88. The fraction of sp³-hybridized carbons (Fsp3) is 0.0769. The molecular weight excluding hydrogens is 244 g/mol. The molecule has 0 aliphatic heterocycles. The summed E-state index contributed by atoms with van der Waals surface area (Å²) in [5, 5.41) is 10.5. The van der Waals surface area contributed by atoms with E-state index in [9.17, 15) is 0 Å². The number of nitrogens with one attached hydrogen (secondary N) is 1. The number of aromatic amines is 1. The van der Waals surface area contributed by atoms with Gasteiger partial charge in [-0.25, -0.2) is 0 Å². The highest BCUT2D eigenvalue weighted by atomic mass is 16.5. The van der Waals surface area contributed by atoms with E-state index >= 15 is 0 Å². The molecule has 0 unspecified atom stereocenters. The average molecular weight is 256 g/mol. The fourth-order valence-corrected chi connectivity index (χ4v) is 1.91. The summed E-state index contributed by atoms with van der Waals surface area (Å²) in [6, 6.07) is 9.33. The van der Waals surface area contributed by atoms with Gasteiger partial charge in [0.1, 0.15) is 11.4 Å². The first kappa shape index (κ1) is 11.3. The van der Waals surface area contributed by atoms with E-state index in [2.05, 4.69) is 15.4 Å². The van der Waals surface area contributed by atoms with Crippen molar-refractivity contribution in [1.82, 2.24) is 15.4 Å². The van der Waals surface area contributed by atoms with Gasteiger partial charge in [0.05, 0.1) is 12.7 Å². The van der Waals surface area contributed by atoms with Gasteiger partial charge in [-0.3, -0.25) is 5.10 Å². The minimum Gasteiger partial charge on any atom is -0.497 e. The minimum atomic E-state index is 0.342. The third-order valence-corrected chi connectivity index (χ3v) is 2.84. The van der Waals surface area contributed by atoms with Crippen molar-refractivity contribution in [2.75, 3.05) is 12.8 Å². The molecule has 6 heteroatoms. The predicted molar refractivity (Wildman–Crippen MR) is 70.5 cm³/mol. The van der Waals surface area contributed by atoms with E-state index in [4.69, 9.17) is 15.0 Å². The van der Waals surface area contributed by atoms with E-state index in [-0.39, 0.29) is 0 Å². The highest BCUT2D eigenvalue weighted by molar-refractivity contribution is 5.85. The second-order valence-corrected chi connectivity index (χ2v) is 3.97. The van der Waals surface area contributed by atoms with Crippen LogP contribution in [0.4, 0.5) is 5.82 Å². The van der Waals surface area contributed by atoms with Crippen LogP contribution >= 0.6 is 0 Å². The van der Waals surface area contributed by atoms with Crippen molar-refractivity contribution >= 4 is 5.82 Å². The van der Waals surface area contributed by atoms with Gasteiger partial charge in [-0.15, -0.1) is 0 Å². The Morgan fingerprint density at radius 1 is 1.21 bits per heavy atom. The first-order valence-electron chi connectivity index (χ1n) is 5.69. The third-order valence-electron chi connectivity index (χ3n) is 2.84. The van der Waals surface area contributed by atoms with E-state index in [1.54, 1.807) is 19.4 Å². The van der Waals surface area contributed by atoms with Crippen molar-refractivity contribution in [3.63, 3.8) is 0 Å². The second-order valence-electron chi connectivity index (χ2n) is 3.97. The van der Waals surface area contributed by atoms with Gasteiger partial charge < -0.3 is 15.0 Å². The van der Waals surface area contributed by atoms with E-state index in [0.717, 1.165) is 22.6 Å². The zero-order chi connectivity index (χ0) is 13.2. The molecular formula is C13H12N4O2. The number of H-pyrrole nitrogens is 1. The van der Waals surface area contributed by atoms with E-state index in [1.807, 2.05) is 24.3 Å². The Morgan fingerprint density at radius 2 is 2.00 bits per heavy atom. The number of nitrogen functional groups attached to an aromatic ring is 1. The van der Waals surface area contributed by atoms with Crippen LogP contribution in [0, 0.1) is 0 Å². The van der Waals surface area contributed by atoms with Crippen molar-refractivity contribution in [3.8, 4) is 28.3 Å². The molecule has 3 N–H and O–H groups in total. The molecule has 0 radical (unpaired) electrons. The number of anilines is 1. The summed E-state index contributed by atoms with van der Waals surface area (Å²) in [7, 11) is 1.62. The van der Waals surface area contributed by atoms with E-state index in [0.29, 0.717) is 11.6 Å². The summed E-state index contributed by atoms with van der Waals surface area (Å²) in [5.74, 6) is 1.69. The quantitative estimate of drug-likeness (QED) is 0.750. The largest absolute Gasteiger partial charge is 0.497 e. The van der Waals surface area contributed by atoms with Crippen molar-refractivity contribution in [2.45, 2.75) is 0 Å². The number of hydrogen-bond donors (Lipinski definition) is 2. The number of methoxy groups -OCH3 is 1. The topological polar surface area (TPSA) is 90.0 Å². The lowest BCUT2D eigenvalue weighted by Gasteiger charge is -2.03. The molecule has 2 heterocycles. The van der Waals surface area contributed by atoms with Crippen molar-refractivity contribution in [3.05, 3.63) is 36.5 Å². The molecule has 0 saturated carbocycles. The molecule has 0 aliphatic rings. The van der Waals surface area contributed by atoms with Crippen molar-refractivity contribution < 1.29 is 9.26 Å². The standard InChI is InChI=1S/C13H12N4O2/c1-18-9-4-2-8(3-5-9)11-12(19-17-13(11)14)10-6-7-15-16-10/h2-7H,1H3,(H2,14,17)(H,15,16). The molecule has 6 nitrogen and oxygen atoms in total. The number of hydrogen-bond acceptors (Lipinski definition) is 5. The van der Waals surface area contributed by atoms with Gasteiger partial charge >= 0.3 is 0 Å². The molecule has 96 valence electrons. The predicted octanol–water partition coefficient (Wildman–Crippen LogP) is 2.32. The van der Waals surface area contributed by atoms with Crippen LogP contribution in [-0.2, 0) is 0 Å². The lowest BCUT2D eigenvalue weighted by atomic mass is 10.0. The molecule has 0 bridgehead atoms. The maximum atomic E-state index is 5.88. The Labute approximate surface area is 109 Å². The van der Waals surface area contributed by atoms with Crippen LogP contribution in [0.3, 0.4) is 0 Å². The molecule has 1 aromatic carbocycles. The number of aromatic nitrogens is 3. The van der Waals surface area contributed by atoms with Gasteiger partial charge in [0.2, 0.25) is 0 Å². The smallest absolute Gasteiger partial charge is 0.194 e. The Bertz CT molecular complexity index is 671. The second kappa shape index (κ2) is 4.49. The number of rotatable bonds is 3. The molecule has 19 heavy (non-hydrogen) atoms. The van der Waals surface area contributed by atoms with E-state index in [1.165, 1.54) is 0 Å². The summed E-state index contributed by atoms with van der Waals surface area (Å²) in [6.45, 7) is 0. The Balaban J connectivity index is 2.11. The van der Waals surface area contributed by atoms with Gasteiger partial charge in [0.25, 0.3) is 0 Å². The number of benzene rings is 1. The normalized spacial score (nSPS) is 10.6. The van der Waals surface area contributed by atoms with Crippen LogP contribution in [0.25, 0.3) is 22.6 Å². The molecule has 2 aromatic heterocycles.